The van der Waals surface area contributed by atoms with Gasteiger partial charge in [0.25, 0.3) is 0 Å². The number of unbranched alkanes of at least 4 members (excludes halogenated alkanes) is 3. The van der Waals surface area contributed by atoms with Gasteiger partial charge in [-0.05, 0) is 112 Å². The Bertz CT molecular complexity index is 3540. The fraction of sp³-hybridized carbons (Fsp3) is 0.273. The molecule has 11 aromatic rings. The number of aromatic nitrogens is 10. The molecule has 0 atom stereocenters. The van der Waals surface area contributed by atoms with E-state index in [-0.39, 0.29) is 21.2 Å². The van der Waals surface area contributed by atoms with Crippen molar-refractivity contribution in [2.75, 3.05) is 52.1 Å². The van der Waals surface area contributed by atoms with Crippen LogP contribution in [0.2, 0.25) is 29.0 Å². The molecule has 0 bridgehead atoms. The van der Waals surface area contributed by atoms with Gasteiger partial charge in [-0.1, -0.05) is 194 Å². The first kappa shape index (κ1) is 85.5. The van der Waals surface area contributed by atoms with Crippen molar-refractivity contribution in [2.24, 2.45) is 0 Å². The van der Waals surface area contributed by atoms with Gasteiger partial charge in [0.15, 0.2) is 11.6 Å². The minimum atomic E-state index is -2.32. The van der Waals surface area contributed by atoms with Gasteiger partial charge in [-0.15, -0.1) is 0 Å². The molecule has 11 rings (SSSR count). The summed E-state index contributed by atoms with van der Waals surface area (Å²) in [5.74, 6) is 2.85. The van der Waals surface area contributed by atoms with Crippen LogP contribution in [0.4, 0.5) is 11.6 Å². The number of aryl methyl sites for hydroxylation is 3. The van der Waals surface area contributed by atoms with E-state index in [4.69, 9.17) is 63.8 Å². The Morgan fingerprint density at radius 1 is 0.384 bits per heavy atom. The van der Waals surface area contributed by atoms with Gasteiger partial charge in [0.2, 0.25) is 10.6 Å². The second-order valence-corrected chi connectivity index (χ2v) is 43.4. The van der Waals surface area contributed by atoms with Crippen molar-refractivity contribution < 1.29 is 15.9 Å². The van der Waals surface area contributed by atoms with E-state index < -0.39 is 34.2 Å². The average Bonchev–Trinajstić information content (AvgIpc) is 0.859. The summed E-state index contributed by atoms with van der Waals surface area (Å²) in [6, 6.07) is 68.4. The average molecular weight is 1670 g/mol. The number of rotatable bonds is 19. The molecule has 0 unspecified atom stereocenters. The molecule has 0 radical (unpaired) electrons. The SMILES string of the molecule is CCC[CH2][Sn]([CH2]CCC)([CH2]CCC)[c]1ncccn1.CNC.Cc1cnc(-c2ncccn2)nc1N(C)C.Cc1cnc(Cl)nc1Cl.Cc1cnc(Cl)nc1N(C)C.[Cl][Pd][Cl].c1ccc(P(c2ccccc2)c2ccccc2)cc1.c1ccc(P(c2ccccc2)c2ccccc2)cc1. The molecule has 0 amide bonds. The zero-order valence-corrected chi connectivity index (χ0v) is 68.8. The van der Waals surface area contributed by atoms with E-state index in [0.29, 0.717) is 22.1 Å². The minimum absolute atomic E-state index is 0.106. The van der Waals surface area contributed by atoms with Crippen LogP contribution in [-0.4, -0.2) is 111 Å². The standard InChI is InChI=1S/2C18H15P.C11H13N5.C7H10ClN3.C5H4Cl2N2.C4H3N2.3C4H9.C2H7N.2ClH.Pd.Sn/c2*1-4-10-16(11-5-1)19(17-12-6-2-7-13-17)18-14-8-3-9-15-18;1-8-7-14-10(15-11(8)16(2)3)9-12-5-4-6-13-9;1-5-4-9-7(8)10-6(5)11(2)3;1-3-2-8-5(7)9-4(3)6;1-2-5-4-6-3-1;3*1-3-4-2;1-3-2;;;;/h2*1-15H;4-7H,1-3H3;4H,1-3H3;2H,1H3;1-3H;3*1,3-4H2,2H3;3H,1-2H3;2*1H;;/q;;;;;;;;;;;;+2;/p-2. The van der Waals surface area contributed by atoms with Crippen molar-refractivity contribution in [1.82, 2.24) is 55.2 Å². The van der Waals surface area contributed by atoms with Gasteiger partial charge in [0.05, 0.1) is 0 Å². The first-order valence-corrected chi connectivity index (χ1v) is 48.0. The first-order valence-electron chi connectivity index (χ1n) is 32.7. The second kappa shape index (κ2) is 50.4. The molecule has 0 saturated carbocycles. The summed E-state index contributed by atoms with van der Waals surface area (Å²) >= 11 is 14.2. The van der Waals surface area contributed by atoms with E-state index >= 15 is 0 Å². The van der Waals surface area contributed by atoms with Gasteiger partial charge in [-0.3, -0.25) is 0 Å². The van der Waals surface area contributed by atoms with Crippen LogP contribution in [-0.2, 0) is 15.9 Å². The first-order chi connectivity index (χ1) is 48.0. The fourth-order valence-corrected chi connectivity index (χ4v) is 29.8. The third-order valence-corrected chi connectivity index (χ3v) is 34.8. The second-order valence-electron chi connectivity index (χ2n) is 22.7. The van der Waals surface area contributed by atoms with Crippen LogP contribution in [0.5, 0.6) is 0 Å². The summed E-state index contributed by atoms with van der Waals surface area (Å²) in [6.45, 7) is 12.7. The van der Waals surface area contributed by atoms with E-state index in [0.717, 1.165) is 28.3 Å². The molecule has 5 heterocycles. The van der Waals surface area contributed by atoms with Gasteiger partial charge in [0.1, 0.15) is 16.8 Å². The van der Waals surface area contributed by atoms with E-state index in [2.05, 4.69) is 248 Å². The predicted molar refractivity (Wildman–Crippen MR) is 429 cm³/mol. The molecule has 13 nitrogen and oxygen atoms in total. The normalized spacial score (nSPS) is 10.3. The number of halogens is 5. The van der Waals surface area contributed by atoms with Crippen molar-refractivity contribution in [3.63, 3.8) is 0 Å². The van der Waals surface area contributed by atoms with Crippen molar-refractivity contribution in [1.29, 1.82) is 0 Å². The van der Waals surface area contributed by atoms with Crippen LogP contribution in [0.3, 0.4) is 0 Å². The Balaban J connectivity index is 0.000000252. The van der Waals surface area contributed by atoms with E-state index in [9.17, 15) is 0 Å². The molecule has 0 aliphatic heterocycles. The minimum Gasteiger partial charge on any atom is -0.0622 e. The Morgan fingerprint density at radius 2 is 0.667 bits per heavy atom. The molecule has 6 aromatic carbocycles. The molecule has 0 fully saturated rings. The van der Waals surface area contributed by atoms with Gasteiger partial charge < -0.3 is 15.1 Å². The number of nitrogens with one attached hydrogen (secondary N) is 1. The largest absolute Gasteiger partial charge is 0.0622 e. The maximum atomic E-state index is 5.61. The Hall–Kier alpha value is -5.95. The predicted octanol–water partition coefficient (Wildman–Crippen LogP) is 17.5. The van der Waals surface area contributed by atoms with Gasteiger partial charge in [-0.2, -0.15) is 0 Å². The third kappa shape index (κ3) is 31.5. The monoisotopic (exact) mass is 1660 g/mol. The van der Waals surface area contributed by atoms with Gasteiger partial charge in [0, 0.05) is 75.9 Å². The summed E-state index contributed by atoms with van der Waals surface area (Å²) in [7, 11) is 20.2. The zero-order valence-electron chi connectivity index (χ0n) is 58.8. The van der Waals surface area contributed by atoms with Crippen molar-refractivity contribution in [2.45, 2.75) is 93.4 Å². The van der Waals surface area contributed by atoms with Crippen LogP contribution in [0, 0.1) is 20.8 Å². The molecular weight excluding hydrogens is 1570 g/mol. The Morgan fingerprint density at radius 3 is 0.949 bits per heavy atom. The number of hydrogen-bond acceptors (Lipinski definition) is 13. The van der Waals surface area contributed by atoms with Gasteiger partial charge in [-0.25, -0.2) is 39.9 Å². The number of hydrogen-bond donors (Lipinski definition) is 1. The van der Waals surface area contributed by atoms with E-state index in [1.54, 1.807) is 37.1 Å². The quantitative estimate of drug-likeness (QED) is 0.0355. The molecule has 5 aromatic heterocycles. The van der Waals surface area contributed by atoms with Crippen LogP contribution in [0.25, 0.3) is 11.6 Å². The molecule has 99 heavy (non-hydrogen) atoms. The van der Waals surface area contributed by atoms with Crippen LogP contribution < -0.4 is 50.8 Å². The van der Waals surface area contributed by atoms with Crippen LogP contribution >= 0.6 is 69.7 Å². The van der Waals surface area contributed by atoms with Crippen molar-refractivity contribution >= 4 is 135 Å². The van der Waals surface area contributed by atoms with Crippen molar-refractivity contribution in [3.05, 3.63) is 270 Å². The number of nitrogens with zero attached hydrogens (tertiary/aromatic N) is 12. The maximum Gasteiger partial charge on any atom is -0.0134 e. The van der Waals surface area contributed by atoms with Gasteiger partial charge >= 0.3 is 158 Å². The van der Waals surface area contributed by atoms with E-state index in [1.165, 1.54) is 87.5 Å². The Kier molecular flexibility index (Phi) is 43.5. The molecule has 1 N–H and O–H groups in total. The number of anilines is 2. The zero-order chi connectivity index (χ0) is 72.1. The molecule has 0 spiro atoms. The fourth-order valence-electron chi connectivity index (χ4n) is 9.86. The summed E-state index contributed by atoms with van der Waals surface area (Å²) in [6.07, 6.45) is 20.4. The molecular formula is C77H94Cl5N13P2PdSn. The van der Waals surface area contributed by atoms with Crippen LogP contribution in [0.15, 0.2) is 238 Å². The summed E-state index contributed by atoms with van der Waals surface area (Å²) in [5, 5.41) is 12.0. The van der Waals surface area contributed by atoms with Crippen molar-refractivity contribution in [3.8, 4) is 11.6 Å². The summed E-state index contributed by atoms with van der Waals surface area (Å²) in [4.78, 5) is 45.5. The Labute approximate surface area is 627 Å². The van der Waals surface area contributed by atoms with Crippen LogP contribution in [0.1, 0.15) is 76.0 Å². The third-order valence-electron chi connectivity index (χ3n) is 14.5. The summed E-state index contributed by atoms with van der Waals surface area (Å²) < 4.78 is 5.66. The topological polar surface area (TPSA) is 147 Å². The summed E-state index contributed by atoms with van der Waals surface area (Å²) in [5.41, 5.74) is 2.89. The molecule has 0 aliphatic carbocycles. The smallest absolute Gasteiger partial charge is 0.0134 e. The molecule has 0 aliphatic rings. The number of benzene rings is 6. The van der Waals surface area contributed by atoms with E-state index in [1.807, 2.05) is 91.3 Å². The molecule has 22 heteroatoms. The maximum absolute atomic E-state index is 5.61. The molecule has 0 saturated heterocycles. The molecule has 526 valence electrons.